The molecule has 1 saturated carbocycles. The van der Waals surface area contributed by atoms with Crippen LogP contribution in [-0.2, 0) is 6.54 Å². The number of nitrogens with zero attached hydrogens (tertiary/aromatic N) is 4. The van der Waals surface area contributed by atoms with Gasteiger partial charge in [0.2, 0.25) is 12.4 Å². The number of pyridine rings is 1. The van der Waals surface area contributed by atoms with E-state index in [0.717, 1.165) is 45.7 Å². The first-order chi connectivity index (χ1) is 13.6. The van der Waals surface area contributed by atoms with E-state index in [9.17, 15) is 10.3 Å². The molecule has 0 saturated heterocycles. The number of aliphatic hydroxyl groups excluding tert-OH is 1. The van der Waals surface area contributed by atoms with E-state index in [1.54, 1.807) is 29.2 Å². The summed E-state index contributed by atoms with van der Waals surface area (Å²) in [6.45, 7) is 0.719. The molecule has 0 unspecified atom stereocenters. The van der Waals surface area contributed by atoms with Crippen LogP contribution in [0.5, 0.6) is 0 Å². The van der Waals surface area contributed by atoms with Gasteiger partial charge in [-0.2, -0.15) is 9.61 Å². The third-order valence-corrected chi connectivity index (χ3v) is 5.79. The minimum Gasteiger partial charge on any atom is -0.396 e. The number of aromatic nitrogens is 4. The molecular weight excluding hydrogens is 424 g/mol. The summed E-state index contributed by atoms with van der Waals surface area (Å²) in [6.07, 6.45) is 9.33. The Morgan fingerprint density at radius 1 is 1.32 bits per heavy atom. The van der Waals surface area contributed by atoms with Gasteiger partial charge in [0.05, 0.1) is 10.7 Å². The summed E-state index contributed by atoms with van der Waals surface area (Å²) in [6, 6.07) is 5.87. The van der Waals surface area contributed by atoms with Crippen LogP contribution >= 0.6 is 15.9 Å². The van der Waals surface area contributed by atoms with Gasteiger partial charge in [-0.3, -0.25) is 5.21 Å². The summed E-state index contributed by atoms with van der Waals surface area (Å²) < 4.78 is 3.60. The second kappa shape index (κ2) is 8.32. The summed E-state index contributed by atoms with van der Waals surface area (Å²) in [5, 5.41) is 30.6. The third kappa shape index (κ3) is 4.05. The van der Waals surface area contributed by atoms with Gasteiger partial charge in [0.1, 0.15) is 11.6 Å². The number of rotatable bonds is 6. The van der Waals surface area contributed by atoms with Crippen molar-refractivity contribution in [3.63, 3.8) is 0 Å². The van der Waals surface area contributed by atoms with Gasteiger partial charge in [0, 0.05) is 47.5 Å². The average molecular weight is 448 g/mol. The van der Waals surface area contributed by atoms with Crippen LogP contribution in [-0.4, -0.2) is 37.6 Å². The summed E-state index contributed by atoms with van der Waals surface area (Å²) in [5.74, 6) is 1.80. The van der Waals surface area contributed by atoms with Crippen molar-refractivity contribution in [2.24, 2.45) is 5.92 Å². The second-order valence-corrected chi connectivity index (χ2v) is 8.03. The topological polar surface area (TPSA) is 98.6 Å². The first-order valence-electron chi connectivity index (χ1n) is 9.49. The number of halogens is 1. The van der Waals surface area contributed by atoms with Crippen molar-refractivity contribution in [3.05, 3.63) is 46.8 Å². The van der Waals surface area contributed by atoms with Crippen molar-refractivity contribution < 1.29 is 15.0 Å². The molecule has 28 heavy (non-hydrogen) atoms. The molecule has 148 valence electrons. The van der Waals surface area contributed by atoms with E-state index in [2.05, 4.69) is 31.7 Å². The maximum Gasteiger partial charge on any atom is 0.227 e. The molecule has 3 aromatic rings. The molecule has 3 aromatic heterocycles. The Morgan fingerprint density at radius 3 is 3.00 bits per heavy atom. The fraction of sp³-hybridized carbons (Fsp3) is 0.421. The molecule has 1 aliphatic carbocycles. The monoisotopic (exact) mass is 447 g/mol. The molecule has 3 heterocycles. The molecule has 0 spiro atoms. The van der Waals surface area contributed by atoms with Gasteiger partial charge in [-0.05, 0) is 34.8 Å². The first-order valence-corrected chi connectivity index (χ1v) is 10.3. The quantitative estimate of drug-likeness (QED) is 0.342. The van der Waals surface area contributed by atoms with Crippen molar-refractivity contribution >= 4 is 33.2 Å². The highest BCUT2D eigenvalue weighted by Crippen LogP contribution is 2.28. The Balaban J connectivity index is 1.60. The van der Waals surface area contributed by atoms with Crippen molar-refractivity contribution in [1.82, 2.24) is 14.6 Å². The Hall–Kier alpha value is -2.39. The fourth-order valence-electron chi connectivity index (χ4n) is 3.75. The summed E-state index contributed by atoms with van der Waals surface area (Å²) >= 11 is 3.51. The summed E-state index contributed by atoms with van der Waals surface area (Å²) in [4.78, 5) is 4.70. The Labute approximate surface area is 171 Å². The van der Waals surface area contributed by atoms with Crippen LogP contribution in [0.25, 0.3) is 5.65 Å². The number of hydrogen-bond donors (Lipinski definition) is 4. The maximum absolute atomic E-state index is 9.69. The van der Waals surface area contributed by atoms with Crippen LogP contribution in [0.3, 0.4) is 0 Å². The van der Waals surface area contributed by atoms with E-state index in [1.165, 1.54) is 6.42 Å². The van der Waals surface area contributed by atoms with Crippen LogP contribution in [0.1, 0.15) is 31.2 Å². The zero-order chi connectivity index (χ0) is 19.5. The Bertz CT molecular complexity index is 963. The lowest BCUT2D eigenvalue weighted by Gasteiger charge is -2.31. The molecule has 0 aromatic carbocycles. The van der Waals surface area contributed by atoms with E-state index in [1.807, 2.05) is 12.1 Å². The summed E-state index contributed by atoms with van der Waals surface area (Å²) in [5.41, 5.74) is 1.65. The minimum absolute atomic E-state index is 0.191. The van der Waals surface area contributed by atoms with Crippen LogP contribution in [0, 0.1) is 5.92 Å². The predicted molar refractivity (Wildman–Crippen MR) is 108 cm³/mol. The maximum atomic E-state index is 9.69. The van der Waals surface area contributed by atoms with E-state index in [0.29, 0.717) is 12.2 Å². The molecule has 0 aliphatic heterocycles. The normalized spacial score (nSPS) is 19.6. The second-order valence-electron chi connectivity index (χ2n) is 7.18. The van der Waals surface area contributed by atoms with Crippen molar-refractivity contribution in [1.29, 1.82) is 0 Å². The molecule has 8 nitrogen and oxygen atoms in total. The first kappa shape index (κ1) is 18.9. The number of anilines is 2. The lowest BCUT2D eigenvalue weighted by atomic mass is 9.85. The van der Waals surface area contributed by atoms with Gasteiger partial charge in [-0.15, -0.1) is 0 Å². The van der Waals surface area contributed by atoms with Crippen LogP contribution in [0.4, 0.5) is 11.6 Å². The zero-order valence-corrected chi connectivity index (χ0v) is 17.0. The van der Waals surface area contributed by atoms with Crippen LogP contribution < -0.4 is 15.4 Å². The molecule has 9 heteroatoms. The Morgan fingerprint density at radius 2 is 2.18 bits per heavy atom. The van der Waals surface area contributed by atoms with Crippen molar-refractivity contribution in [2.75, 3.05) is 17.2 Å². The van der Waals surface area contributed by atoms with E-state index >= 15 is 0 Å². The molecule has 0 amide bonds. The lowest BCUT2D eigenvalue weighted by Crippen LogP contribution is -2.34. The number of fused-ring (bicyclic) bond motifs is 1. The molecule has 0 bridgehead atoms. The molecule has 1 aliphatic rings. The van der Waals surface area contributed by atoms with E-state index in [4.69, 9.17) is 4.98 Å². The van der Waals surface area contributed by atoms with Crippen molar-refractivity contribution in [2.45, 2.75) is 38.3 Å². The van der Waals surface area contributed by atoms with Gasteiger partial charge in [0.15, 0.2) is 5.65 Å². The van der Waals surface area contributed by atoms with Crippen LogP contribution in [0.2, 0.25) is 0 Å². The van der Waals surface area contributed by atoms with Crippen molar-refractivity contribution in [3.8, 4) is 0 Å². The number of nitrogens with one attached hydrogen (secondary N) is 2. The lowest BCUT2D eigenvalue weighted by molar-refractivity contribution is -0.905. The Kier molecular flexibility index (Phi) is 5.63. The summed E-state index contributed by atoms with van der Waals surface area (Å²) in [7, 11) is 0. The molecule has 2 atom stereocenters. The highest BCUT2D eigenvalue weighted by molar-refractivity contribution is 9.10. The van der Waals surface area contributed by atoms with E-state index < -0.39 is 0 Å². The standard InChI is InChI=1S/C19H24BrN6O2/c20-15-10-22-26-18(21-9-13-4-3-7-25(28)11-13)8-17(24-19(15)26)23-16-6-2-1-5-14(16)12-27/h3-4,7-8,10-11,14,16,21,27-28H,1-2,5-6,9,12H2,(H,23,24)/q+1/t14-,16-/m1/s1. The van der Waals surface area contributed by atoms with Gasteiger partial charge < -0.3 is 15.7 Å². The molecule has 0 radical (unpaired) electrons. The highest BCUT2D eigenvalue weighted by atomic mass is 79.9. The number of hydrogen-bond acceptors (Lipinski definition) is 6. The highest BCUT2D eigenvalue weighted by Gasteiger charge is 2.25. The van der Waals surface area contributed by atoms with Gasteiger partial charge in [-0.25, -0.2) is 4.98 Å². The van der Waals surface area contributed by atoms with E-state index in [-0.39, 0.29) is 18.6 Å². The predicted octanol–water partition coefficient (Wildman–Crippen LogP) is 2.59. The van der Waals surface area contributed by atoms with Crippen LogP contribution in [0.15, 0.2) is 41.3 Å². The van der Waals surface area contributed by atoms with Gasteiger partial charge in [0.25, 0.3) is 0 Å². The smallest absolute Gasteiger partial charge is 0.227 e. The minimum atomic E-state index is 0.191. The molecular formula is C19H24BrN6O2+. The van der Waals surface area contributed by atoms with Gasteiger partial charge in [-0.1, -0.05) is 12.8 Å². The number of aliphatic hydroxyl groups is 1. The zero-order valence-electron chi connectivity index (χ0n) is 15.4. The molecule has 4 rings (SSSR count). The average Bonchev–Trinajstić information content (AvgIpc) is 3.08. The molecule has 4 N–H and O–H groups in total. The third-order valence-electron chi connectivity index (χ3n) is 5.23. The molecule has 1 fully saturated rings. The fourth-order valence-corrected chi connectivity index (χ4v) is 4.10. The SMILES string of the molecule is OC[C@H]1CCCC[C@H]1Nc1cc(NCc2ccc[n+](O)c2)n2ncc(Br)c2n1. The van der Waals surface area contributed by atoms with Gasteiger partial charge >= 0.3 is 0 Å². The largest absolute Gasteiger partial charge is 0.396 e.